The van der Waals surface area contributed by atoms with E-state index in [1.807, 2.05) is 0 Å². The third-order valence-corrected chi connectivity index (χ3v) is 5.32. The zero-order valence-electron chi connectivity index (χ0n) is 15.1. The number of carbonyl (C=O) groups is 2. The van der Waals surface area contributed by atoms with Gasteiger partial charge in [-0.1, -0.05) is 12.1 Å². The number of nitro groups is 1. The molecule has 1 amide bonds. The van der Waals surface area contributed by atoms with E-state index in [4.69, 9.17) is 9.47 Å². The fraction of sp³-hybridized carbons (Fsp3) is 0.529. The van der Waals surface area contributed by atoms with Crippen LogP contribution in [-0.2, 0) is 14.3 Å². The molecule has 1 saturated heterocycles. The smallest absolute Gasteiger partial charge is 0.408 e. The Balaban J connectivity index is 2.39. The zero-order chi connectivity index (χ0) is 19.5. The number of nitrogens with one attached hydrogen (secondary N) is 1. The molecule has 1 aromatic carbocycles. The molecule has 1 aliphatic heterocycles. The number of thioether (sulfide) groups is 1. The van der Waals surface area contributed by atoms with Crippen molar-refractivity contribution >= 4 is 29.5 Å². The minimum atomic E-state index is -1.02. The summed E-state index contributed by atoms with van der Waals surface area (Å²) in [6.45, 7) is 5.46. The maximum atomic E-state index is 12.4. The molecule has 142 valence electrons. The predicted molar refractivity (Wildman–Crippen MR) is 97.0 cm³/mol. The van der Waals surface area contributed by atoms with Crippen LogP contribution in [0.3, 0.4) is 0 Å². The highest BCUT2D eigenvalue weighted by atomic mass is 32.2. The van der Waals surface area contributed by atoms with Gasteiger partial charge in [0.05, 0.1) is 17.6 Å². The van der Waals surface area contributed by atoms with Crippen molar-refractivity contribution in [2.45, 2.75) is 43.6 Å². The number of nitrogens with zero attached hydrogens (tertiary/aromatic N) is 1. The lowest BCUT2D eigenvalue weighted by Gasteiger charge is -2.33. The SMILES string of the molecule is CS[C@@]1([C@@H](NC(=O)OC(C)(C)C)c2ccc([N+](=O)[O-])cc2)CCOC1=O. The van der Waals surface area contributed by atoms with Crippen molar-refractivity contribution in [3.63, 3.8) is 0 Å². The van der Waals surface area contributed by atoms with Gasteiger partial charge in [-0.3, -0.25) is 14.9 Å². The van der Waals surface area contributed by atoms with Crippen molar-refractivity contribution < 1.29 is 24.0 Å². The average molecular weight is 382 g/mol. The first-order valence-electron chi connectivity index (χ1n) is 8.05. The second-order valence-corrected chi connectivity index (χ2v) is 8.04. The van der Waals surface area contributed by atoms with E-state index >= 15 is 0 Å². The number of benzene rings is 1. The van der Waals surface area contributed by atoms with Gasteiger partial charge in [0.2, 0.25) is 0 Å². The number of alkyl carbamates (subject to hydrolysis) is 1. The molecule has 26 heavy (non-hydrogen) atoms. The predicted octanol–water partition coefficient (Wildman–Crippen LogP) is 3.21. The maximum absolute atomic E-state index is 12.4. The van der Waals surface area contributed by atoms with Gasteiger partial charge in [-0.25, -0.2) is 4.79 Å². The van der Waals surface area contributed by atoms with Crippen molar-refractivity contribution in [2.75, 3.05) is 12.9 Å². The highest BCUT2D eigenvalue weighted by molar-refractivity contribution is 8.00. The van der Waals surface area contributed by atoms with E-state index in [1.165, 1.54) is 36.0 Å². The summed E-state index contributed by atoms with van der Waals surface area (Å²) in [5.74, 6) is -0.426. The van der Waals surface area contributed by atoms with Gasteiger partial charge in [0.1, 0.15) is 10.3 Å². The Morgan fingerprint density at radius 2 is 2.00 bits per heavy atom. The molecule has 8 nitrogen and oxygen atoms in total. The highest BCUT2D eigenvalue weighted by Crippen LogP contribution is 2.44. The third kappa shape index (κ3) is 4.27. The van der Waals surface area contributed by atoms with Crippen LogP contribution in [0, 0.1) is 10.1 Å². The Labute approximate surface area is 155 Å². The molecule has 0 bridgehead atoms. The molecule has 0 aliphatic carbocycles. The number of nitro benzene ring substituents is 1. The van der Waals surface area contributed by atoms with Crippen molar-refractivity contribution in [1.82, 2.24) is 5.32 Å². The first-order valence-corrected chi connectivity index (χ1v) is 9.28. The molecule has 1 N–H and O–H groups in total. The Bertz CT molecular complexity index is 700. The van der Waals surface area contributed by atoms with Crippen LogP contribution >= 0.6 is 11.8 Å². The molecule has 0 aromatic heterocycles. The number of cyclic esters (lactones) is 1. The van der Waals surface area contributed by atoms with Gasteiger partial charge in [-0.05, 0) is 32.6 Å². The molecule has 0 radical (unpaired) electrons. The molecule has 2 atom stereocenters. The van der Waals surface area contributed by atoms with E-state index in [0.717, 1.165) is 0 Å². The Kier molecular flexibility index (Phi) is 5.80. The number of carbonyl (C=O) groups excluding carboxylic acids is 2. The zero-order valence-corrected chi connectivity index (χ0v) is 15.9. The first-order chi connectivity index (χ1) is 12.1. The van der Waals surface area contributed by atoms with Crippen LogP contribution in [0.25, 0.3) is 0 Å². The molecule has 1 aliphatic rings. The molecule has 1 aromatic rings. The van der Waals surface area contributed by atoms with Gasteiger partial charge in [0, 0.05) is 18.6 Å². The Morgan fingerprint density at radius 1 is 1.38 bits per heavy atom. The van der Waals surface area contributed by atoms with Gasteiger partial charge in [-0.15, -0.1) is 11.8 Å². The maximum Gasteiger partial charge on any atom is 0.408 e. The molecule has 1 fully saturated rings. The van der Waals surface area contributed by atoms with Gasteiger partial charge in [-0.2, -0.15) is 0 Å². The Hall–Kier alpha value is -2.29. The minimum Gasteiger partial charge on any atom is -0.465 e. The Morgan fingerprint density at radius 3 is 2.42 bits per heavy atom. The largest absolute Gasteiger partial charge is 0.465 e. The summed E-state index contributed by atoms with van der Waals surface area (Å²) in [7, 11) is 0. The van der Waals surface area contributed by atoms with Crippen LogP contribution in [-0.4, -0.2) is 40.2 Å². The van der Waals surface area contributed by atoms with Gasteiger partial charge in [0.15, 0.2) is 0 Å². The van der Waals surface area contributed by atoms with E-state index in [0.29, 0.717) is 12.0 Å². The van der Waals surface area contributed by atoms with Crippen molar-refractivity contribution in [3.05, 3.63) is 39.9 Å². The number of hydrogen-bond donors (Lipinski definition) is 1. The van der Waals surface area contributed by atoms with Crippen molar-refractivity contribution in [2.24, 2.45) is 0 Å². The number of hydrogen-bond acceptors (Lipinski definition) is 7. The standard InChI is InChI=1S/C17H22N2O6S/c1-16(2,3)25-15(21)18-13(17(26-4)9-10-24-14(17)20)11-5-7-12(8-6-11)19(22)23/h5-8,13H,9-10H2,1-4H3,(H,18,21)/t13-,17+/m0/s1. The quantitative estimate of drug-likeness (QED) is 0.473. The normalized spacial score (nSPS) is 21.0. The van der Waals surface area contributed by atoms with Gasteiger partial charge >= 0.3 is 12.1 Å². The van der Waals surface area contributed by atoms with Crippen molar-refractivity contribution in [3.8, 4) is 0 Å². The van der Waals surface area contributed by atoms with E-state index in [9.17, 15) is 19.7 Å². The molecule has 1 heterocycles. The molecular formula is C17H22N2O6S. The fourth-order valence-electron chi connectivity index (χ4n) is 2.77. The molecular weight excluding hydrogens is 360 g/mol. The van der Waals surface area contributed by atoms with Crippen LogP contribution in [0.5, 0.6) is 0 Å². The van der Waals surface area contributed by atoms with Crippen LogP contribution in [0.4, 0.5) is 10.5 Å². The molecule has 0 unspecified atom stereocenters. The summed E-state index contributed by atoms with van der Waals surface area (Å²) in [6, 6.07) is 5.00. The molecule has 2 rings (SSSR count). The number of amides is 1. The first kappa shape index (κ1) is 20.0. The van der Waals surface area contributed by atoms with Gasteiger partial charge < -0.3 is 14.8 Å². The lowest BCUT2D eigenvalue weighted by molar-refractivity contribution is -0.384. The summed E-state index contributed by atoms with van der Waals surface area (Å²) in [5.41, 5.74) is -0.209. The van der Waals surface area contributed by atoms with Gasteiger partial charge in [0.25, 0.3) is 5.69 Å². The van der Waals surface area contributed by atoms with Crippen LogP contribution < -0.4 is 5.32 Å². The average Bonchev–Trinajstić information content (AvgIpc) is 2.92. The van der Waals surface area contributed by atoms with E-state index < -0.39 is 33.4 Å². The second kappa shape index (κ2) is 7.53. The minimum absolute atomic E-state index is 0.0723. The molecule has 0 spiro atoms. The lowest BCUT2D eigenvalue weighted by Crippen LogP contribution is -2.48. The summed E-state index contributed by atoms with van der Waals surface area (Å²) < 4.78 is 9.44. The van der Waals surface area contributed by atoms with E-state index in [-0.39, 0.29) is 12.3 Å². The van der Waals surface area contributed by atoms with Crippen LogP contribution in [0.2, 0.25) is 0 Å². The highest BCUT2D eigenvalue weighted by Gasteiger charge is 2.52. The van der Waals surface area contributed by atoms with E-state index in [2.05, 4.69) is 5.32 Å². The number of rotatable bonds is 5. The van der Waals surface area contributed by atoms with Crippen LogP contribution in [0.1, 0.15) is 38.8 Å². The monoisotopic (exact) mass is 382 g/mol. The van der Waals surface area contributed by atoms with Crippen LogP contribution in [0.15, 0.2) is 24.3 Å². The summed E-state index contributed by atoms with van der Waals surface area (Å²) in [4.78, 5) is 35.2. The number of esters is 1. The van der Waals surface area contributed by atoms with E-state index in [1.54, 1.807) is 27.0 Å². The summed E-state index contributed by atoms with van der Waals surface area (Å²) >= 11 is 1.28. The van der Waals surface area contributed by atoms with Crippen molar-refractivity contribution in [1.29, 1.82) is 0 Å². The fourth-order valence-corrected chi connectivity index (χ4v) is 3.71. The third-order valence-electron chi connectivity index (χ3n) is 3.98. The number of non-ortho nitro benzene ring substituents is 1. The summed E-state index contributed by atoms with van der Waals surface area (Å²) in [6.07, 6.45) is 1.50. The number of ether oxygens (including phenoxy) is 2. The lowest BCUT2D eigenvalue weighted by atomic mass is 9.90. The molecule has 9 heteroatoms. The topological polar surface area (TPSA) is 108 Å². The second-order valence-electron chi connectivity index (χ2n) is 6.91. The molecule has 0 saturated carbocycles. The summed E-state index contributed by atoms with van der Waals surface area (Å²) in [5, 5.41) is 13.6.